The van der Waals surface area contributed by atoms with E-state index in [1.54, 1.807) is 40.7 Å². The van der Waals surface area contributed by atoms with Crippen molar-refractivity contribution in [2.45, 2.75) is 174 Å². The molecule has 64 heavy (non-hydrogen) atoms. The van der Waals surface area contributed by atoms with Gasteiger partial charge in [0.15, 0.2) is 0 Å². The van der Waals surface area contributed by atoms with Crippen LogP contribution in [0, 0.1) is 17.8 Å². The van der Waals surface area contributed by atoms with Gasteiger partial charge in [-0.15, -0.1) is 5.92 Å². The van der Waals surface area contributed by atoms with Gasteiger partial charge in [0.2, 0.25) is 5.91 Å². The van der Waals surface area contributed by atoms with Crippen LogP contribution in [0.15, 0.2) is 97.1 Å². The van der Waals surface area contributed by atoms with Crippen LogP contribution >= 0.6 is 0 Å². The molecule has 350 valence electrons. The molecule has 1 amide bonds. The number of hydrogen-bond acceptors (Lipinski definition) is 7. The molecular weight excluding hydrogens is 815 g/mol. The Kier molecular flexibility index (Phi) is 22.8. The summed E-state index contributed by atoms with van der Waals surface area (Å²) in [6.45, 7) is 18.1. The van der Waals surface area contributed by atoms with Crippen molar-refractivity contribution >= 4 is 36.4 Å². The Hall–Kier alpha value is -4.49. The SMILES string of the molecule is CC#CCOc1ccc(C[C@H](NC(=O)[C@@H](/C=C/CCCCCCC(=O)CCCCCCC)[C@@](C)(O)CCO[Si](c2ccccc2)(c2ccccc2)C(C)(C)C)C(=O)OC(C)(C)C)cc1. The van der Waals surface area contributed by atoms with Gasteiger partial charge in [-0.25, -0.2) is 4.79 Å². The Morgan fingerprint density at radius 2 is 1.33 bits per heavy atom. The molecule has 0 saturated heterocycles. The summed E-state index contributed by atoms with van der Waals surface area (Å²) in [6, 6.07) is 27.0. The molecule has 0 aliphatic heterocycles. The van der Waals surface area contributed by atoms with E-state index >= 15 is 0 Å². The maximum Gasteiger partial charge on any atom is 0.329 e. The number of carbonyl (C=O) groups is 3. The monoisotopic (exact) mass is 894 g/mol. The van der Waals surface area contributed by atoms with Crippen LogP contribution in [0.1, 0.15) is 151 Å². The van der Waals surface area contributed by atoms with Gasteiger partial charge in [0.05, 0.1) is 11.5 Å². The molecule has 0 unspecified atom stereocenters. The van der Waals surface area contributed by atoms with Gasteiger partial charge in [-0.05, 0) is 99.8 Å². The molecule has 0 radical (unpaired) electrons. The number of allylic oxidation sites excluding steroid dienone is 1. The number of hydrogen-bond donors (Lipinski definition) is 2. The zero-order valence-electron chi connectivity index (χ0n) is 40.6. The minimum Gasteiger partial charge on any atom is -0.481 e. The van der Waals surface area contributed by atoms with Crippen molar-refractivity contribution in [2.75, 3.05) is 13.2 Å². The number of amides is 1. The molecule has 0 bridgehead atoms. The first-order chi connectivity index (χ1) is 30.4. The van der Waals surface area contributed by atoms with Gasteiger partial charge in [0, 0.05) is 25.9 Å². The molecule has 9 heteroatoms. The summed E-state index contributed by atoms with van der Waals surface area (Å²) in [5.74, 6) is 4.66. The first-order valence-electron chi connectivity index (χ1n) is 23.7. The Bertz CT molecular complexity index is 1880. The Balaban J connectivity index is 1.85. The highest BCUT2D eigenvalue weighted by Crippen LogP contribution is 2.37. The van der Waals surface area contributed by atoms with E-state index in [0.717, 1.165) is 54.5 Å². The predicted octanol–water partition coefficient (Wildman–Crippen LogP) is 10.6. The lowest BCUT2D eigenvalue weighted by atomic mass is 9.84. The molecule has 0 aromatic heterocycles. The average Bonchev–Trinajstić information content (AvgIpc) is 3.24. The highest BCUT2D eigenvalue weighted by Gasteiger charge is 2.50. The van der Waals surface area contributed by atoms with E-state index in [2.05, 4.69) is 69.1 Å². The standard InChI is InChI=1S/C55H79NO7Si/c1-10-12-14-17-22-29-45(57)30-23-18-15-16-19-28-35-49(51(58)56-50(52(59)63-53(3,4)5)43-44-36-38-46(39-37-44)61-41-13-11-2)55(9,60)40-42-62-64(54(6,7)8,47-31-24-20-25-32-47)48-33-26-21-27-34-48/h20-21,24-28,31-39,49-50,60H,10,12,14-19,22-23,29-30,40-43H2,1-9H3,(H,56,58)/b35-28+/t49-,50+,55+/m1/s1. The van der Waals surface area contributed by atoms with Crippen molar-refractivity contribution < 1.29 is 33.4 Å². The van der Waals surface area contributed by atoms with E-state index in [0.29, 0.717) is 30.8 Å². The van der Waals surface area contributed by atoms with Crippen LogP contribution in [0.5, 0.6) is 5.75 Å². The predicted molar refractivity (Wildman–Crippen MR) is 264 cm³/mol. The third-order valence-electron chi connectivity index (χ3n) is 11.6. The Labute approximate surface area is 387 Å². The maximum atomic E-state index is 14.6. The second kappa shape index (κ2) is 27.1. The molecule has 0 aliphatic rings. The fourth-order valence-corrected chi connectivity index (χ4v) is 12.7. The average molecular weight is 894 g/mol. The van der Waals surface area contributed by atoms with Crippen molar-refractivity contribution in [3.8, 4) is 17.6 Å². The molecule has 0 aliphatic carbocycles. The number of ether oxygens (including phenoxy) is 2. The number of benzene rings is 3. The zero-order valence-corrected chi connectivity index (χ0v) is 41.6. The van der Waals surface area contributed by atoms with E-state index in [4.69, 9.17) is 13.9 Å². The summed E-state index contributed by atoms with van der Waals surface area (Å²) in [5, 5.41) is 17.4. The van der Waals surface area contributed by atoms with Gasteiger partial charge in [-0.1, -0.05) is 157 Å². The molecule has 3 aromatic carbocycles. The summed E-state index contributed by atoms with van der Waals surface area (Å²) in [7, 11) is -2.93. The molecule has 8 nitrogen and oxygen atoms in total. The van der Waals surface area contributed by atoms with Gasteiger partial charge in [0.25, 0.3) is 8.32 Å². The molecule has 3 aromatic rings. The van der Waals surface area contributed by atoms with E-state index in [1.165, 1.54) is 19.3 Å². The number of rotatable bonds is 28. The van der Waals surface area contributed by atoms with Gasteiger partial charge >= 0.3 is 5.97 Å². The van der Waals surface area contributed by atoms with Crippen LogP contribution in [0.4, 0.5) is 0 Å². The van der Waals surface area contributed by atoms with Crippen molar-refractivity contribution in [1.29, 1.82) is 0 Å². The molecule has 0 saturated carbocycles. The van der Waals surface area contributed by atoms with Crippen molar-refractivity contribution in [1.82, 2.24) is 5.32 Å². The van der Waals surface area contributed by atoms with Gasteiger partial charge in [-0.2, -0.15) is 0 Å². The molecular formula is C55H79NO7Si. The third kappa shape index (κ3) is 18.2. The number of esters is 1. The van der Waals surface area contributed by atoms with Crippen molar-refractivity contribution in [3.05, 3.63) is 103 Å². The van der Waals surface area contributed by atoms with Gasteiger partial charge in [-0.3, -0.25) is 9.59 Å². The van der Waals surface area contributed by atoms with Crippen molar-refractivity contribution in [2.24, 2.45) is 5.92 Å². The fraction of sp³-hybridized carbons (Fsp3) is 0.545. The molecule has 0 heterocycles. The minimum absolute atomic E-state index is 0.160. The van der Waals surface area contributed by atoms with Crippen LogP contribution in [0.2, 0.25) is 5.04 Å². The van der Waals surface area contributed by atoms with E-state index < -0.39 is 43.4 Å². The minimum atomic E-state index is -2.93. The molecule has 0 spiro atoms. The lowest BCUT2D eigenvalue weighted by Gasteiger charge is -2.43. The third-order valence-corrected chi connectivity index (χ3v) is 16.7. The quantitative estimate of drug-likeness (QED) is 0.0246. The number of unbranched alkanes of at least 4 members (excludes halogenated alkanes) is 8. The molecule has 2 N–H and O–H groups in total. The van der Waals surface area contributed by atoms with Crippen LogP contribution in [-0.2, 0) is 30.0 Å². The van der Waals surface area contributed by atoms with Crippen molar-refractivity contribution in [3.63, 3.8) is 0 Å². The molecule has 3 rings (SSSR count). The summed E-state index contributed by atoms with van der Waals surface area (Å²) in [5.41, 5.74) is -1.54. The number of Topliss-reactive ketones (excluding diaryl/α,β-unsaturated/α-hetero) is 1. The van der Waals surface area contributed by atoms with Gasteiger partial charge < -0.3 is 24.3 Å². The van der Waals surface area contributed by atoms with E-state index in [9.17, 15) is 19.5 Å². The number of carbonyl (C=O) groups excluding carboxylic acids is 3. The lowest BCUT2D eigenvalue weighted by Crippen LogP contribution is -2.66. The second-order valence-corrected chi connectivity index (χ2v) is 23.6. The van der Waals surface area contributed by atoms with E-state index in [-0.39, 0.29) is 31.1 Å². The molecule has 3 atom stereocenters. The largest absolute Gasteiger partial charge is 0.481 e. The summed E-state index contributed by atoms with van der Waals surface area (Å²) < 4.78 is 18.7. The first-order valence-corrected chi connectivity index (χ1v) is 25.6. The second-order valence-electron chi connectivity index (χ2n) is 19.3. The summed E-state index contributed by atoms with van der Waals surface area (Å²) in [6.07, 6.45) is 15.6. The Morgan fingerprint density at radius 3 is 1.86 bits per heavy atom. The normalized spacial score (nSPS) is 13.9. The molecule has 0 fully saturated rings. The maximum absolute atomic E-state index is 14.6. The highest BCUT2D eigenvalue weighted by atomic mass is 28.4. The highest BCUT2D eigenvalue weighted by molar-refractivity contribution is 6.99. The topological polar surface area (TPSA) is 111 Å². The number of ketones is 1. The summed E-state index contributed by atoms with van der Waals surface area (Å²) in [4.78, 5) is 40.8. The fourth-order valence-electron chi connectivity index (χ4n) is 8.10. The van der Waals surface area contributed by atoms with Gasteiger partial charge in [0.1, 0.15) is 29.8 Å². The van der Waals surface area contributed by atoms with Crippen LogP contribution in [-0.4, -0.2) is 61.5 Å². The van der Waals surface area contributed by atoms with Crippen LogP contribution in [0.3, 0.4) is 0 Å². The Morgan fingerprint density at radius 1 is 0.766 bits per heavy atom. The van der Waals surface area contributed by atoms with Crippen LogP contribution in [0.25, 0.3) is 0 Å². The van der Waals surface area contributed by atoms with E-state index in [1.807, 2.05) is 66.7 Å². The lowest BCUT2D eigenvalue weighted by molar-refractivity contribution is -0.159. The summed E-state index contributed by atoms with van der Waals surface area (Å²) >= 11 is 0. The number of aliphatic hydroxyl groups is 1. The van der Waals surface area contributed by atoms with Crippen LogP contribution < -0.4 is 20.4 Å². The smallest absolute Gasteiger partial charge is 0.329 e. The number of nitrogens with one attached hydrogen (secondary N) is 1. The zero-order chi connectivity index (χ0) is 47.1. The first kappa shape index (κ1) is 53.8.